The third kappa shape index (κ3) is 5.96. The molecule has 1 aliphatic rings. The summed E-state index contributed by atoms with van der Waals surface area (Å²) in [4.78, 5) is 11.9. The minimum absolute atomic E-state index is 0.0875. The molecule has 0 radical (unpaired) electrons. The molecule has 0 saturated heterocycles. The minimum Gasteiger partial charge on any atom is -0.546 e. The van der Waals surface area contributed by atoms with Gasteiger partial charge in [-0.15, -0.1) is 0 Å². The number of ether oxygens (including phenoxy) is 1. The zero-order valence-corrected chi connectivity index (χ0v) is 20.8. The van der Waals surface area contributed by atoms with Gasteiger partial charge in [-0.2, -0.15) is 0 Å². The molecule has 4 nitrogen and oxygen atoms in total. The van der Waals surface area contributed by atoms with E-state index in [9.17, 15) is 4.79 Å². The monoisotopic (exact) mass is 400 g/mol. The van der Waals surface area contributed by atoms with E-state index in [1.54, 1.807) is 6.08 Å². The van der Waals surface area contributed by atoms with Crippen LogP contribution in [-0.4, -0.2) is 36.3 Å². The van der Waals surface area contributed by atoms with Crippen molar-refractivity contribution in [2.45, 2.75) is 84.2 Å². The number of hydrogen-bond acceptors (Lipinski definition) is 4. The van der Waals surface area contributed by atoms with Crippen molar-refractivity contribution in [3.05, 3.63) is 11.8 Å². The van der Waals surface area contributed by atoms with Gasteiger partial charge in [0.25, 0.3) is 0 Å². The number of rotatable bonds is 7. The quantitative estimate of drug-likeness (QED) is 0.237. The summed E-state index contributed by atoms with van der Waals surface area (Å²) in [6, 6.07) is 0. The van der Waals surface area contributed by atoms with E-state index < -0.39 is 16.6 Å². The minimum atomic E-state index is -2.00. The van der Waals surface area contributed by atoms with Gasteiger partial charge in [-0.05, 0) is 48.6 Å². The molecule has 1 fully saturated rings. The van der Waals surface area contributed by atoms with E-state index in [0.29, 0.717) is 5.92 Å². The van der Waals surface area contributed by atoms with Gasteiger partial charge in [0.1, 0.15) is 0 Å². The standard InChI is InChI=1S/C20H40O4Si2/c1-19(2,3)25(8,9)23-14-15-12-16(15)17(13-18(21)22-7)24-26(10,11)20(4,5)6/h13,15-16H,12,14H2,1-11H3/b17-13-/t15-,16-/m1/s1. The fourth-order valence-electron chi connectivity index (χ4n) is 2.15. The Morgan fingerprint density at radius 2 is 1.50 bits per heavy atom. The van der Waals surface area contributed by atoms with E-state index in [0.717, 1.165) is 18.8 Å². The van der Waals surface area contributed by atoms with Crippen molar-refractivity contribution in [3.8, 4) is 0 Å². The van der Waals surface area contributed by atoms with Crippen molar-refractivity contribution in [2.24, 2.45) is 11.8 Å². The highest BCUT2D eigenvalue weighted by atomic mass is 28.4. The van der Waals surface area contributed by atoms with Gasteiger partial charge >= 0.3 is 5.97 Å². The predicted octanol–water partition coefficient (Wildman–Crippen LogP) is 5.72. The number of carbonyl (C=O) groups excluding carboxylic acids is 1. The van der Waals surface area contributed by atoms with Crippen LogP contribution in [0.4, 0.5) is 0 Å². The highest BCUT2D eigenvalue weighted by Gasteiger charge is 2.48. The van der Waals surface area contributed by atoms with Gasteiger partial charge in [-0.3, -0.25) is 0 Å². The summed E-state index contributed by atoms with van der Waals surface area (Å²) >= 11 is 0. The van der Waals surface area contributed by atoms with E-state index in [1.165, 1.54) is 7.11 Å². The first kappa shape index (κ1) is 23.4. The molecule has 0 aliphatic heterocycles. The lowest BCUT2D eigenvalue weighted by molar-refractivity contribution is -0.135. The van der Waals surface area contributed by atoms with Gasteiger partial charge in [0.15, 0.2) is 8.32 Å². The second kappa shape index (κ2) is 7.80. The van der Waals surface area contributed by atoms with E-state index in [1.807, 2.05) is 0 Å². The lowest BCUT2D eigenvalue weighted by atomic mass is 10.2. The van der Waals surface area contributed by atoms with Crippen LogP contribution in [0.5, 0.6) is 0 Å². The predicted molar refractivity (Wildman–Crippen MR) is 113 cm³/mol. The Kier molecular flexibility index (Phi) is 7.03. The Balaban J connectivity index is 2.84. The Hall–Kier alpha value is -0.596. The van der Waals surface area contributed by atoms with E-state index in [4.69, 9.17) is 13.6 Å². The number of hydrogen-bond donors (Lipinski definition) is 0. The van der Waals surface area contributed by atoms with Gasteiger partial charge in [0.05, 0.1) is 18.9 Å². The normalized spacial score (nSPS) is 22.2. The average molecular weight is 401 g/mol. The van der Waals surface area contributed by atoms with Crippen LogP contribution in [0, 0.1) is 11.8 Å². The molecule has 0 unspecified atom stereocenters. The number of methoxy groups -OCH3 is 1. The third-order valence-electron chi connectivity index (χ3n) is 6.39. The molecule has 26 heavy (non-hydrogen) atoms. The Morgan fingerprint density at radius 1 is 1.00 bits per heavy atom. The second-order valence-corrected chi connectivity index (χ2v) is 20.1. The second-order valence-electron chi connectivity index (χ2n) is 10.6. The molecule has 0 heterocycles. The molecule has 1 saturated carbocycles. The Morgan fingerprint density at radius 3 is 1.92 bits per heavy atom. The van der Waals surface area contributed by atoms with E-state index >= 15 is 0 Å². The summed E-state index contributed by atoms with van der Waals surface area (Å²) in [5.74, 6) is 1.17. The van der Waals surface area contributed by atoms with E-state index in [2.05, 4.69) is 67.7 Å². The van der Waals surface area contributed by atoms with Gasteiger partial charge in [-0.25, -0.2) is 4.79 Å². The zero-order chi connectivity index (χ0) is 20.6. The van der Waals surface area contributed by atoms with Gasteiger partial charge in [0.2, 0.25) is 8.32 Å². The van der Waals surface area contributed by atoms with Crippen LogP contribution in [0.25, 0.3) is 0 Å². The van der Waals surface area contributed by atoms with Crippen molar-refractivity contribution < 1.29 is 18.4 Å². The zero-order valence-electron chi connectivity index (χ0n) is 18.8. The van der Waals surface area contributed by atoms with Crippen molar-refractivity contribution in [1.29, 1.82) is 0 Å². The molecule has 0 aromatic heterocycles. The Labute approximate surface area is 162 Å². The summed E-state index contributed by atoms with van der Waals surface area (Å²) in [5, 5.41) is 0.296. The van der Waals surface area contributed by atoms with Crippen LogP contribution in [0.2, 0.25) is 36.3 Å². The van der Waals surface area contributed by atoms with Crippen LogP contribution in [0.15, 0.2) is 11.8 Å². The molecule has 6 heteroatoms. The molecule has 0 amide bonds. The van der Waals surface area contributed by atoms with Crippen molar-refractivity contribution in [3.63, 3.8) is 0 Å². The molecule has 2 atom stereocenters. The van der Waals surface area contributed by atoms with Crippen LogP contribution >= 0.6 is 0 Å². The highest BCUT2D eigenvalue weighted by Crippen LogP contribution is 2.49. The molecule has 1 aliphatic carbocycles. The molecular formula is C20H40O4Si2. The molecule has 0 aromatic carbocycles. The number of carbonyl (C=O) groups is 1. The average Bonchev–Trinajstić information content (AvgIpc) is 3.21. The van der Waals surface area contributed by atoms with Gasteiger partial charge < -0.3 is 13.6 Å². The number of esters is 1. The van der Waals surface area contributed by atoms with E-state index in [-0.39, 0.29) is 22.0 Å². The van der Waals surface area contributed by atoms with Crippen LogP contribution in [-0.2, 0) is 18.4 Å². The first-order valence-corrected chi connectivity index (χ1v) is 15.5. The maximum atomic E-state index is 11.9. The number of allylic oxidation sites excluding steroid dienone is 1. The molecule has 0 aromatic rings. The summed E-state index contributed by atoms with van der Waals surface area (Å²) in [5.41, 5.74) is 0. The van der Waals surface area contributed by atoms with Crippen LogP contribution in [0.1, 0.15) is 48.0 Å². The fourth-order valence-corrected chi connectivity index (χ4v) is 4.32. The lowest BCUT2D eigenvalue weighted by Crippen LogP contribution is -2.41. The smallest absolute Gasteiger partial charge is 0.333 e. The summed E-state index contributed by atoms with van der Waals surface area (Å²) in [6.45, 7) is 23.1. The third-order valence-corrected chi connectivity index (χ3v) is 15.3. The first-order chi connectivity index (χ1) is 11.5. The van der Waals surface area contributed by atoms with Gasteiger partial charge in [-0.1, -0.05) is 41.5 Å². The van der Waals surface area contributed by atoms with Crippen molar-refractivity contribution in [1.82, 2.24) is 0 Å². The fraction of sp³-hybridized carbons (Fsp3) is 0.850. The molecule has 0 bridgehead atoms. The van der Waals surface area contributed by atoms with Crippen molar-refractivity contribution in [2.75, 3.05) is 13.7 Å². The van der Waals surface area contributed by atoms with Crippen molar-refractivity contribution >= 4 is 22.6 Å². The van der Waals surface area contributed by atoms with Gasteiger partial charge in [0, 0.05) is 12.5 Å². The van der Waals surface area contributed by atoms with Crippen LogP contribution in [0.3, 0.4) is 0 Å². The lowest BCUT2D eigenvalue weighted by Gasteiger charge is -2.38. The molecule has 152 valence electrons. The largest absolute Gasteiger partial charge is 0.546 e. The van der Waals surface area contributed by atoms with Crippen LogP contribution < -0.4 is 0 Å². The topological polar surface area (TPSA) is 44.8 Å². The maximum Gasteiger partial charge on any atom is 0.333 e. The molecule has 1 rings (SSSR count). The summed E-state index contributed by atoms with van der Waals surface area (Å²) in [7, 11) is -2.34. The highest BCUT2D eigenvalue weighted by molar-refractivity contribution is 6.74. The summed E-state index contributed by atoms with van der Waals surface area (Å²) < 4.78 is 17.7. The molecule has 0 N–H and O–H groups in total. The SMILES string of the molecule is COC(=O)/C=C(\O[Si](C)(C)C(C)(C)C)[C@@H]1C[C@@H]1CO[Si](C)(C)C(C)(C)C. The maximum absolute atomic E-state index is 11.9. The first-order valence-electron chi connectivity index (χ1n) is 9.64. The molecule has 0 spiro atoms. The summed E-state index contributed by atoms with van der Waals surface area (Å²) in [6.07, 6.45) is 2.57. The molecular weight excluding hydrogens is 360 g/mol. The Bertz CT molecular complexity index is 539.